The average Bonchev–Trinajstić information content (AvgIpc) is 2.13. The van der Waals surface area contributed by atoms with E-state index >= 15 is 0 Å². The maximum absolute atomic E-state index is 13.1. The van der Waals surface area contributed by atoms with Crippen molar-refractivity contribution in [1.29, 1.82) is 0 Å². The van der Waals surface area contributed by atoms with E-state index in [2.05, 4.69) is 15.9 Å². The van der Waals surface area contributed by atoms with Crippen LogP contribution < -0.4 is 5.73 Å². The molecule has 0 fully saturated rings. The highest BCUT2D eigenvalue weighted by Gasteiger charge is 2.20. The van der Waals surface area contributed by atoms with Crippen LogP contribution in [-0.4, -0.2) is 11.2 Å². The third kappa shape index (κ3) is 3.26. The number of hydrogen-bond acceptors (Lipinski definition) is 2. The largest absolute Gasteiger partial charge is 0.391 e. The van der Waals surface area contributed by atoms with E-state index in [4.69, 9.17) is 5.73 Å². The molecule has 0 aliphatic heterocycles. The molecule has 1 aromatic rings. The minimum Gasteiger partial charge on any atom is -0.391 e. The lowest BCUT2D eigenvalue weighted by atomic mass is 9.94. The Labute approximate surface area is 97.4 Å². The van der Waals surface area contributed by atoms with Gasteiger partial charge in [-0.05, 0) is 29.7 Å². The first-order valence-corrected chi connectivity index (χ1v) is 5.60. The van der Waals surface area contributed by atoms with Gasteiger partial charge in [-0.2, -0.15) is 0 Å². The summed E-state index contributed by atoms with van der Waals surface area (Å²) in [7, 11) is 0. The topological polar surface area (TPSA) is 46.2 Å². The van der Waals surface area contributed by atoms with E-state index in [1.165, 1.54) is 12.1 Å². The third-order valence-corrected chi connectivity index (χ3v) is 2.78. The zero-order valence-corrected chi connectivity index (χ0v) is 10.3. The van der Waals surface area contributed by atoms with Crippen LogP contribution in [0.4, 0.5) is 4.39 Å². The molecule has 0 amide bonds. The van der Waals surface area contributed by atoms with E-state index in [1.54, 1.807) is 6.07 Å². The van der Waals surface area contributed by atoms with Crippen LogP contribution in [0.5, 0.6) is 0 Å². The molecule has 0 saturated heterocycles. The van der Waals surface area contributed by atoms with Gasteiger partial charge < -0.3 is 10.8 Å². The summed E-state index contributed by atoms with van der Waals surface area (Å²) in [6.07, 6.45) is -0.668. The zero-order valence-electron chi connectivity index (χ0n) is 8.74. The summed E-state index contributed by atoms with van der Waals surface area (Å²) >= 11 is 3.19. The summed E-state index contributed by atoms with van der Waals surface area (Å²) < 4.78 is 13.7. The summed E-state index contributed by atoms with van der Waals surface area (Å²) in [5, 5.41) is 9.77. The molecule has 0 aliphatic rings. The smallest absolute Gasteiger partial charge is 0.124 e. The van der Waals surface area contributed by atoms with Gasteiger partial charge >= 0.3 is 0 Å². The van der Waals surface area contributed by atoms with Crippen LogP contribution in [0.1, 0.15) is 25.5 Å². The molecule has 0 aliphatic carbocycles. The first-order valence-electron chi connectivity index (χ1n) is 4.81. The lowest BCUT2D eigenvalue weighted by Crippen LogP contribution is -2.30. The fourth-order valence-corrected chi connectivity index (χ4v) is 1.86. The molecule has 0 spiro atoms. The SMILES string of the molecule is CC(C)[C@@H](O)[C@@H](N)c1cc(F)cc(Br)c1. The summed E-state index contributed by atoms with van der Waals surface area (Å²) in [5.74, 6) is -0.312. The van der Waals surface area contributed by atoms with Crippen molar-refractivity contribution in [2.75, 3.05) is 0 Å². The number of rotatable bonds is 3. The number of hydrogen-bond donors (Lipinski definition) is 2. The quantitative estimate of drug-likeness (QED) is 0.891. The normalized spacial score (nSPS) is 15.4. The Morgan fingerprint density at radius 3 is 2.40 bits per heavy atom. The molecule has 2 nitrogen and oxygen atoms in total. The molecular formula is C11H15BrFNO. The lowest BCUT2D eigenvalue weighted by Gasteiger charge is -2.22. The fraction of sp³-hybridized carbons (Fsp3) is 0.455. The van der Waals surface area contributed by atoms with Gasteiger partial charge in [0.1, 0.15) is 5.82 Å². The molecule has 0 heterocycles. The standard InChI is InChI=1S/C11H15BrFNO/c1-6(2)11(15)10(14)7-3-8(12)5-9(13)4-7/h3-6,10-11,15H,14H2,1-2H3/t10-,11+/m0/s1. The number of aliphatic hydroxyl groups excluding tert-OH is 1. The Morgan fingerprint density at radius 1 is 1.33 bits per heavy atom. The van der Waals surface area contributed by atoms with E-state index in [0.717, 1.165) is 0 Å². The lowest BCUT2D eigenvalue weighted by molar-refractivity contribution is 0.0978. The van der Waals surface area contributed by atoms with Gasteiger partial charge in [0.05, 0.1) is 12.1 Å². The monoisotopic (exact) mass is 275 g/mol. The van der Waals surface area contributed by atoms with Crippen molar-refractivity contribution in [2.24, 2.45) is 11.7 Å². The molecule has 15 heavy (non-hydrogen) atoms. The van der Waals surface area contributed by atoms with Gasteiger partial charge in [-0.1, -0.05) is 29.8 Å². The summed E-state index contributed by atoms with van der Waals surface area (Å²) in [5.41, 5.74) is 6.44. The van der Waals surface area contributed by atoms with Crippen LogP contribution in [-0.2, 0) is 0 Å². The highest BCUT2D eigenvalue weighted by molar-refractivity contribution is 9.10. The van der Waals surface area contributed by atoms with Crippen molar-refractivity contribution < 1.29 is 9.50 Å². The van der Waals surface area contributed by atoms with Crippen LogP contribution in [0.25, 0.3) is 0 Å². The average molecular weight is 276 g/mol. The fourth-order valence-electron chi connectivity index (χ4n) is 1.38. The molecule has 4 heteroatoms. The van der Waals surface area contributed by atoms with E-state index in [1.807, 2.05) is 13.8 Å². The predicted octanol–water partition coefficient (Wildman–Crippen LogP) is 2.60. The van der Waals surface area contributed by atoms with Crippen LogP contribution in [0, 0.1) is 11.7 Å². The van der Waals surface area contributed by atoms with Crippen molar-refractivity contribution >= 4 is 15.9 Å². The Hall–Kier alpha value is -0.450. The summed E-state index contributed by atoms with van der Waals surface area (Å²) in [6, 6.07) is 3.87. The van der Waals surface area contributed by atoms with Gasteiger partial charge in [0.25, 0.3) is 0 Å². The second-order valence-corrected chi connectivity index (χ2v) is 4.88. The van der Waals surface area contributed by atoms with Gasteiger partial charge in [0.2, 0.25) is 0 Å². The minimum absolute atomic E-state index is 0.0436. The zero-order chi connectivity index (χ0) is 11.6. The minimum atomic E-state index is -0.668. The first-order chi connectivity index (χ1) is 6.91. The molecule has 0 aromatic heterocycles. The molecule has 2 atom stereocenters. The maximum Gasteiger partial charge on any atom is 0.124 e. The van der Waals surface area contributed by atoms with Gasteiger partial charge in [0.15, 0.2) is 0 Å². The Bertz CT molecular complexity index is 323. The molecule has 0 radical (unpaired) electrons. The second kappa shape index (κ2) is 5.05. The van der Waals surface area contributed by atoms with E-state index < -0.39 is 12.1 Å². The number of nitrogens with two attached hydrogens (primary N) is 1. The molecule has 0 unspecified atom stereocenters. The van der Waals surface area contributed by atoms with Crippen molar-refractivity contribution in [2.45, 2.75) is 26.0 Å². The molecular weight excluding hydrogens is 261 g/mol. The first kappa shape index (κ1) is 12.6. The second-order valence-electron chi connectivity index (χ2n) is 3.96. The van der Waals surface area contributed by atoms with E-state index in [0.29, 0.717) is 10.0 Å². The maximum atomic E-state index is 13.1. The van der Waals surface area contributed by atoms with Crippen LogP contribution in [0.3, 0.4) is 0 Å². The molecule has 0 saturated carbocycles. The highest BCUT2D eigenvalue weighted by atomic mass is 79.9. The number of aliphatic hydroxyl groups is 1. The predicted molar refractivity (Wildman–Crippen MR) is 61.9 cm³/mol. The molecule has 3 N–H and O–H groups in total. The number of benzene rings is 1. The van der Waals surface area contributed by atoms with Crippen LogP contribution in [0.15, 0.2) is 22.7 Å². The number of halogens is 2. The van der Waals surface area contributed by atoms with Crippen molar-refractivity contribution in [3.8, 4) is 0 Å². The molecule has 0 bridgehead atoms. The molecule has 1 aromatic carbocycles. The Kier molecular flexibility index (Phi) is 4.25. The summed E-state index contributed by atoms with van der Waals surface area (Å²) in [6.45, 7) is 3.75. The van der Waals surface area contributed by atoms with Gasteiger partial charge in [0, 0.05) is 4.47 Å². The van der Waals surface area contributed by atoms with Crippen LogP contribution in [0.2, 0.25) is 0 Å². The van der Waals surface area contributed by atoms with Crippen molar-refractivity contribution in [3.05, 3.63) is 34.1 Å². The highest BCUT2D eigenvalue weighted by Crippen LogP contribution is 2.23. The third-order valence-electron chi connectivity index (χ3n) is 2.32. The van der Waals surface area contributed by atoms with Crippen LogP contribution >= 0.6 is 15.9 Å². The Morgan fingerprint density at radius 2 is 1.93 bits per heavy atom. The van der Waals surface area contributed by atoms with Crippen molar-refractivity contribution in [1.82, 2.24) is 0 Å². The van der Waals surface area contributed by atoms with E-state index in [-0.39, 0.29) is 11.7 Å². The van der Waals surface area contributed by atoms with Gasteiger partial charge in [-0.25, -0.2) is 4.39 Å². The molecule has 1 rings (SSSR count). The van der Waals surface area contributed by atoms with E-state index in [9.17, 15) is 9.50 Å². The molecule has 84 valence electrons. The summed E-state index contributed by atoms with van der Waals surface area (Å²) in [4.78, 5) is 0. The Balaban J connectivity index is 2.95. The van der Waals surface area contributed by atoms with Crippen molar-refractivity contribution in [3.63, 3.8) is 0 Å². The van der Waals surface area contributed by atoms with Gasteiger partial charge in [-0.3, -0.25) is 0 Å². The van der Waals surface area contributed by atoms with Gasteiger partial charge in [-0.15, -0.1) is 0 Å².